The number of phenols is 1. The van der Waals surface area contributed by atoms with Crippen LogP contribution in [0.25, 0.3) is 0 Å². The van der Waals surface area contributed by atoms with Crippen LogP contribution >= 0.6 is 7.95 Å². The van der Waals surface area contributed by atoms with Crippen LogP contribution in [-0.2, 0) is 43.1 Å². The molecule has 2 atom stereocenters. The van der Waals surface area contributed by atoms with E-state index >= 15 is 0 Å². The van der Waals surface area contributed by atoms with Crippen molar-refractivity contribution in [3.63, 3.8) is 0 Å². The zero-order valence-electron chi connectivity index (χ0n) is 20.1. The number of aromatic hydroxyl groups is 1. The van der Waals surface area contributed by atoms with Crippen LogP contribution in [0.4, 0.5) is 8.78 Å². The molecule has 2 rings (SSSR count). The number of hydrogen-bond acceptors (Lipinski definition) is 7. The van der Waals surface area contributed by atoms with E-state index in [-0.39, 0.29) is 37.1 Å². The summed E-state index contributed by atoms with van der Waals surface area (Å²) in [5, 5.41) is 10.8. The van der Waals surface area contributed by atoms with Gasteiger partial charge in [0.15, 0.2) is 7.95 Å². The third kappa shape index (κ3) is 6.43. The van der Waals surface area contributed by atoms with E-state index in [1.807, 2.05) is 13.8 Å². The topological polar surface area (TPSA) is 102 Å². The second kappa shape index (κ2) is 12.4. The molecule has 0 amide bonds. The Balaban J connectivity index is 2.24. The highest BCUT2D eigenvalue weighted by Gasteiger charge is 2.31. The first-order valence-electron chi connectivity index (χ1n) is 11.1. The molecule has 0 bridgehead atoms. The third-order valence-corrected chi connectivity index (χ3v) is 7.52. The van der Waals surface area contributed by atoms with Gasteiger partial charge in [-0.05, 0) is 51.7 Å². The van der Waals surface area contributed by atoms with E-state index in [2.05, 4.69) is 0 Å². The van der Waals surface area contributed by atoms with Crippen LogP contribution in [0.3, 0.4) is 0 Å². The van der Waals surface area contributed by atoms with Crippen LogP contribution < -0.4 is 0 Å². The third-order valence-electron chi connectivity index (χ3n) is 5.65. The minimum atomic E-state index is -2.82. The van der Waals surface area contributed by atoms with Crippen molar-refractivity contribution in [3.8, 4) is 5.75 Å². The molecule has 0 fully saturated rings. The molecule has 1 aromatic carbocycles. The van der Waals surface area contributed by atoms with Gasteiger partial charge in [-0.2, -0.15) is 0 Å². The first-order valence-corrected chi connectivity index (χ1v) is 12.7. The summed E-state index contributed by atoms with van der Waals surface area (Å²) in [6.45, 7) is 7.73. The molecule has 0 radical (unpaired) electrons. The van der Waals surface area contributed by atoms with Gasteiger partial charge in [0, 0.05) is 17.3 Å². The molecular formula is C23H32F2NO7P. The van der Waals surface area contributed by atoms with Gasteiger partial charge in [-0.25, -0.2) is 13.6 Å². The van der Waals surface area contributed by atoms with Crippen molar-refractivity contribution in [2.45, 2.75) is 66.5 Å². The predicted octanol–water partition coefficient (Wildman–Crippen LogP) is 4.35. The van der Waals surface area contributed by atoms with Crippen molar-refractivity contribution in [2.24, 2.45) is 0 Å². The van der Waals surface area contributed by atoms with Gasteiger partial charge in [-0.15, -0.1) is 4.83 Å². The van der Waals surface area contributed by atoms with Gasteiger partial charge in [0.1, 0.15) is 30.6 Å². The van der Waals surface area contributed by atoms with Crippen molar-refractivity contribution in [1.82, 2.24) is 4.83 Å². The summed E-state index contributed by atoms with van der Waals surface area (Å²) in [5.41, 5.74) is 3.90. The van der Waals surface area contributed by atoms with Gasteiger partial charge in [0.2, 0.25) is 0 Å². The van der Waals surface area contributed by atoms with E-state index < -0.39 is 39.0 Å². The van der Waals surface area contributed by atoms with Crippen molar-refractivity contribution >= 4 is 19.9 Å². The van der Waals surface area contributed by atoms with Crippen LogP contribution in [0.5, 0.6) is 5.75 Å². The molecule has 1 aliphatic rings. The number of nitrogens with zero attached hydrogens (tertiary/aromatic N) is 1. The number of ether oxygens (including phenoxy) is 2. The fourth-order valence-electron chi connectivity index (χ4n) is 3.90. The summed E-state index contributed by atoms with van der Waals surface area (Å²) < 4.78 is 48.3. The van der Waals surface area contributed by atoms with Gasteiger partial charge >= 0.3 is 11.9 Å². The quantitative estimate of drug-likeness (QED) is 0.194. The van der Waals surface area contributed by atoms with Crippen LogP contribution in [-0.4, -0.2) is 53.7 Å². The van der Waals surface area contributed by atoms with E-state index in [9.17, 15) is 28.0 Å². The van der Waals surface area contributed by atoms with Crippen LogP contribution in [0, 0.1) is 6.92 Å². The number of phenolic OH excluding ortho intramolecular Hbond substituents is 1. The van der Waals surface area contributed by atoms with Crippen molar-refractivity contribution in [1.29, 1.82) is 0 Å². The van der Waals surface area contributed by atoms with Crippen LogP contribution in [0.15, 0.2) is 11.6 Å². The molecule has 0 saturated heterocycles. The fraction of sp³-hybridized carbons (Fsp3) is 0.565. The number of carbonyl (C=O) groups is 2. The summed E-state index contributed by atoms with van der Waals surface area (Å²) in [4.78, 5) is 29.9. The van der Waals surface area contributed by atoms with E-state index in [0.717, 1.165) is 16.0 Å². The second-order valence-corrected chi connectivity index (χ2v) is 9.56. The first kappa shape index (κ1) is 28.0. The highest BCUT2D eigenvalue weighted by molar-refractivity contribution is 7.42. The summed E-state index contributed by atoms with van der Waals surface area (Å²) >= 11 is 0. The maximum absolute atomic E-state index is 13.0. The maximum atomic E-state index is 13.0. The molecule has 11 heteroatoms. The molecular weight excluding hydrogens is 471 g/mol. The SMILES string of the molecule is CCOC(=O)[C@H](C)N(OCC(F)F)[PH](=O)CC(C)=CCc1c(O)c2c(c(C)c1CC)COC2=O. The smallest absolute Gasteiger partial charge is 0.342 e. The number of halogens is 2. The standard InChI is InChI=1S/C23H32F2NO7P/c1-6-16-14(4)18-10-32-23(29)20(18)21(27)17(16)9-8-13(3)12-34(30)26(33-11-19(24)25)15(5)22(28)31-7-2/h8,15,19,27,34H,6-7,9-12H2,1-5H3/t15-/m0/s1. The monoisotopic (exact) mass is 503 g/mol. The van der Waals surface area contributed by atoms with E-state index in [1.165, 1.54) is 6.92 Å². The molecule has 1 unspecified atom stereocenters. The highest BCUT2D eigenvalue weighted by atomic mass is 31.1. The van der Waals surface area contributed by atoms with E-state index in [4.69, 9.17) is 14.3 Å². The molecule has 0 aromatic heterocycles. The number of esters is 2. The molecule has 0 spiro atoms. The van der Waals surface area contributed by atoms with Crippen molar-refractivity contribution in [2.75, 3.05) is 19.4 Å². The molecule has 1 aliphatic heterocycles. The van der Waals surface area contributed by atoms with Gasteiger partial charge in [0.25, 0.3) is 6.43 Å². The lowest BCUT2D eigenvalue weighted by Crippen LogP contribution is -2.37. The number of rotatable bonds is 12. The van der Waals surface area contributed by atoms with Gasteiger partial charge in [-0.1, -0.05) is 18.6 Å². The number of alkyl halides is 2. The Morgan fingerprint density at radius 1 is 1.32 bits per heavy atom. The molecule has 0 saturated carbocycles. The Hall–Kier alpha value is -2.29. The van der Waals surface area contributed by atoms with Crippen LogP contribution in [0.2, 0.25) is 0 Å². The molecule has 1 heterocycles. The number of cyclic esters (lactones) is 1. The summed E-state index contributed by atoms with van der Waals surface area (Å²) in [7, 11) is -2.82. The lowest BCUT2D eigenvalue weighted by Gasteiger charge is -2.26. The largest absolute Gasteiger partial charge is 0.507 e. The van der Waals surface area contributed by atoms with Crippen molar-refractivity contribution < 1.29 is 42.4 Å². The predicted molar refractivity (Wildman–Crippen MR) is 123 cm³/mol. The molecule has 8 nitrogen and oxygen atoms in total. The Labute approximate surface area is 198 Å². The normalized spacial score (nSPS) is 15.4. The Bertz CT molecular complexity index is 981. The fourth-order valence-corrected chi connectivity index (χ4v) is 5.43. The zero-order chi connectivity index (χ0) is 25.6. The lowest BCUT2D eigenvalue weighted by atomic mass is 9.89. The number of fused-ring (bicyclic) bond motifs is 1. The van der Waals surface area contributed by atoms with Gasteiger partial charge < -0.3 is 19.1 Å². The summed E-state index contributed by atoms with van der Waals surface area (Å²) in [6.07, 6.45) is -0.169. The molecule has 1 N–H and O–H groups in total. The molecule has 0 aliphatic carbocycles. The average Bonchev–Trinajstić information content (AvgIpc) is 3.17. The minimum Gasteiger partial charge on any atom is -0.507 e. The lowest BCUT2D eigenvalue weighted by molar-refractivity contribution is -0.173. The number of benzene rings is 1. The number of hydrogen-bond donors (Lipinski definition) is 1. The molecule has 1 aromatic rings. The van der Waals surface area contributed by atoms with Crippen molar-refractivity contribution in [3.05, 3.63) is 39.5 Å². The number of hydroxylamine groups is 1. The first-order chi connectivity index (χ1) is 16.0. The Morgan fingerprint density at radius 2 is 2.00 bits per heavy atom. The Morgan fingerprint density at radius 3 is 2.59 bits per heavy atom. The second-order valence-electron chi connectivity index (χ2n) is 7.98. The van der Waals surface area contributed by atoms with E-state index in [0.29, 0.717) is 23.1 Å². The average molecular weight is 503 g/mol. The Kier molecular flexibility index (Phi) is 10.2. The highest BCUT2D eigenvalue weighted by Crippen LogP contribution is 2.39. The zero-order valence-corrected chi connectivity index (χ0v) is 21.1. The molecule has 34 heavy (non-hydrogen) atoms. The molecule has 190 valence electrons. The summed E-state index contributed by atoms with van der Waals surface area (Å²) in [5.74, 6) is -1.41. The number of allylic oxidation sites excluding steroid dienone is 2. The number of carbonyl (C=O) groups excluding carboxylic acids is 2. The minimum absolute atomic E-state index is 0.0220. The van der Waals surface area contributed by atoms with Gasteiger partial charge in [-0.3, -0.25) is 9.63 Å². The van der Waals surface area contributed by atoms with E-state index in [1.54, 1.807) is 19.9 Å². The maximum Gasteiger partial charge on any atom is 0.342 e. The summed E-state index contributed by atoms with van der Waals surface area (Å²) in [6, 6.07) is -1.13. The van der Waals surface area contributed by atoms with Crippen LogP contribution in [0.1, 0.15) is 60.3 Å². The van der Waals surface area contributed by atoms with Gasteiger partial charge in [0.05, 0.1) is 6.61 Å².